The van der Waals surface area contributed by atoms with E-state index in [2.05, 4.69) is 45.6 Å². The molecule has 1 N–H and O–H groups in total. The second-order valence-electron chi connectivity index (χ2n) is 11.0. The number of aromatic amines is 1. The molecular formula is C31H32F3N5O2. The molecule has 0 bridgehead atoms. The summed E-state index contributed by atoms with van der Waals surface area (Å²) in [5.41, 5.74) is 5.83. The fourth-order valence-corrected chi connectivity index (χ4v) is 4.75. The highest BCUT2D eigenvalue weighted by Gasteiger charge is 2.30. The smallest absolute Gasteiger partial charge is 0.416 e. The molecule has 0 aliphatic carbocycles. The summed E-state index contributed by atoms with van der Waals surface area (Å²) < 4.78 is 45.9. The van der Waals surface area contributed by atoms with Gasteiger partial charge in [0.2, 0.25) is 0 Å². The van der Waals surface area contributed by atoms with E-state index in [0.29, 0.717) is 24.3 Å². The van der Waals surface area contributed by atoms with Gasteiger partial charge in [0, 0.05) is 30.0 Å². The molecule has 0 saturated heterocycles. The number of carbonyl (C=O) groups excluding carboxylic acids is 1. The number of hydrogen-bond donors (Lipinski definition) is 1. The summed E-state index contributed by atoms with van der Waals surface area (Å²) in [6.45, 7) is 8.74. The lowest BCUT2D eigenvalue weighted by Gasteiger charge is -2.29. The standard InChI is InChI=1S/C31H32F3N5O2/c1-5-25-28(39-19-27(36-37-39)23-10-12-24(13-11-23)31(32,33)34)18-26(35-25)22-8-6-20(7-9-22)21-14-16-38(17-15-21)29(40)41-30(2,3)4/h6-14,18-19,35H,5,15-17H2,1-4H3. The van der Waals surface area contributed by atoms with Crippen LogP contribution in [0.15, 0.2) is 66.9 Å². The number of amides is 1. The van der Waals surface area contributed by atoms with Gasteiger partial charge in [0.1, 0.15) is 11.3 Å². The lowest BCUT2D eigenvalue weighted by molar-refractivity contribution is -0.137. The zero-order chi connectivity index (χ0) is 29.4. The van der Waals surface area contributed by atoms with E-state index >= 15 is 0 Å². The molecule has 0 radical (unpaired) electrons. The van der Waals surface area contributed by atoms with Gasteiger partial charge in [0.05, 0.1) is 17.4 Å². The number of halogens is 3. The van der Waals surface area contributed by atoms with Crippen LogP contribution in [-0.2, 0) is 17.3 Å². The highest BCUT2D eigenvalue weighted by Crippen LogP contribution is 2.32. The lowest BCUT2D eigenvalue weighted by atomic mass is 9.98. The minimum Gasteiger partial charge on any atom is -0.444 e. The SMILES string of the molecule is CCc1[nH]c(-c2ccc(C3=CCN(C(=O)OC(C)(C)C)CC3)cc2)cc1-n1cc(-c2ccc(C(F)(F)F)cc2)nn1. The van der Waals surface area contributed by atoms with Crippen LogP contribution in [-0.4, -0.2) is 49.7 Å². The van der Waals surface area contributed by atoms with Crippen molar-refractivity contribution < 1.29 is 22.7 Å². The summed E-state index contributed by atoms with van der Waals surface area (Å²) in [4.78, 5) is 17.5. The molecule has 0 unspecified atom stereocenters. The third kappa shape index (κ3) is 6.37. The van der Waals surface area contributed by atoms with Gasteiger partial charge in [-0.25, -0.2) is 9.48 Å². The van der Waals surface area contributed by atoms with E-state index in [1.807, 2.05) is 33.8 Å². The Morgan fingerprint density at radius 1 is 1.00 bits per heavy atom. The number of nitrogens with one attached hydrogen (secondary N) is 1. The van der Waals surface area contributed by atoms with Gasteiger partial charge in [-0.15, -0.1) is 5.10 Å². The van der Waals surface area contributed by atoms with Gasteiger partial charge in [-0.2, -0.15) is 13.2 Å². The zero-order valence-corrected chi connectivity index (χ0v) is 23.4. The van der Waals surface area contributed by atoms with Crippen LogP contribution in [0.2, 0.25) is 0 Å². The average Bonchev–Trinajstić information content (AvgIpc) is 3.60. The summed E-state index contributed by atoms with van der Waals surface area (Å²) in [6.07, 6.45) is 0.582. The lowest BCUT2D eigenvalue weighted by Crippen LogP contribution is -2.39. The van der Waals surface area contributed by atoms with Gasteiger partial charge >= 0.3 is 12.3 Å². The van der Waals surface area contributed by atoms with Gasteiger partial charge < -0.3 is 14.6 Å². The van der Waals surface area contributed by atoms with Crippen molar-refractivity contribution in [1.29, 1.82) is 0 Å². The molecule has 3 heterocycles. The Bertz CT molecular complexity index is 1560. The third-order valence-electron chi connectivity index (χ3n) is 6.91. The number of ether oxygens (including phenoxy) is 1. The van der Waals surface area contributed by atoms with Crippen LogP contribution < -0.4 is 0 Å². The summed E-state index contributed by atoms with van der Waals surface area (Å²) in [5, 5.41) is 8.43. The Morgan fingerprint density at radius 3 is 2.24 bits per heavy atom. The van der Waals surface area contributed by atoms with Crippen LogP contribution in [0, 0.1) is 0 Å². The number of H-pyrrole nitrogens is 1. The topological polar surface area (TPSA) is 76.0 Å². The van der Waals surface area contributed by atoms with E-state index in [1.54, 1.807) is 15.8 Å². The summed E-state index contributed by atoms with van der Waals surface area (Å²) in [7, 11) is 0. The van der Waals surface area contributed by atoms with Crippen LogP contribution in [0.5, 0.6) is 0 Å². The molecular weight excluding hydrogens is 531 g/mol. The first-order valence-corrected chi connectivity index (χ1v) is 13.5. The highest BCUT2D eigenvalue weighted by atomic mass is 19.4. The van der Waals surface area contributed by atoms with Crippen molar-refractivity contribution in [3.05, 3.63) is 83.7 Å². The minimum atomic E-state index is -4.39. The van der Waals surface area contributed by atoms with Crippen molar-refractivity contribution in [2.24, 2.45) is 0 Å². The van der Waals surface area contributed by atoms with Gasteiger partial charge in [-0.3, -0.25) is 0 Å². The third-order valence-corrected chi connectivity index (χ3v) is 6.91. The number of nitrogens with zero attached hydrogens (tertiary/aromatic N) is 4. The fraction of sp³-hybridized carbons (Fsp3) is 0.323. The van der Waals surface area contributed by atoms with Crippen molar-refractivity contribution >= 4 is 11.7 Å². The number of alkyl halides is 3. The molecule has 1 aliphatic rings. The number of hydrogen-bond acceptors (Lipinski definition) is 4. The first-order chi connectivity index (χ1) is 19.4. The second-order valence-corrected chi connectivity index (χ2v) is 11.0. The molecule has 0 spiro atoms. The highest BCUT2D eigenvalue weighted by molar-refractivity contribution is 5.74. The molecule has 0 saturated carbocycles. The van der Waals surface area contributed by atoms with E-state index in [4.69, 9.17) is 4.74 Å². The molecule has 214 valence electrons. The maximum Gasteiger partial charge on any atom is 0.416 e. The fourth-order valence-electron chi connectivity index (χ4n) is 4.75. The maximum absolute atomic E-state index is 12.9. The molecule has 2 aromatic carbocycles. The molecule has 41 heavy (non-hydrogen) atoms. The summed E-state index contributed by atoms with van der Waals surface area (Å²) in [6, 6.07) is 15.2. The van der Waals surface area contributed by atoms with Crippen molar-refractivity contribution in [2.75, 3.05) is 13.1 Å². The molecule has 1 aliphatic heterocycles. The van der Waals surface area contributed by atoms with Gasteiger partial charge in [-0.05, 0) is 68.5 Å². The molecule has 5 rings (SSSR count). The average molecular weight is 564 g/mol. The normalized spacial score (nSPS) is 14.2. The molecule has 10 heteroatoms. The number of aryl methyl sites for hydroxylation is 1. The predicted octanol–water partition coefficient (Wildman–Crippen LogP) is 7.53. The summed E-state index contributed by atoms with van der Waals surface area (Å²) >= 11 is 0. The van der Waals surface area contributed by atoms with E-state index < -0.39 is 17.3 Å². The van der Waals surface area contributed by atoms with E-state index in [1.165, 1.54) is 17.7 Å². The Labute approximate surface area is 236 Å². The van der Waals surface area contributed by atoms with E-state index in [0.717, 1.165) is 53.2 Å². The van der Waals surface area contributed by atoms with Crippen molar-refractivity contribution in [3.63, 3.8) is 0 Å². The van der Waals surface area contributed by atoms with Crippen molar-refractivity contribution in [1.82, 2.24) is 24.9 Å². The number of rotatable bonds is 5. The molecule has 1 amide bonds. The Balaban J connectivity index is 1.31. The first kappa shape index (κ1) is 28.2. The largest absolute Gasteiger partial charge is 0.444 e. The second kappa shape index (κ2) is 10.9. The Morgan fingerprint density at radius 2 is 1.66 bits per heavy atom. The van der Waals surface area contributed by atoms with E-state index in [-0.39, 0.29) is 6.09 Å². The van der Waals surface area contributed by atoms with Crippen LogP contribution in [0.3, 0.4) is 0 Å². The first-order valence-electron chi connectivity index (χ1n) is 13.5. The zero-order valence-electron chi connectivity index (χ0n) is 23.4. The Hall–Kier alpha value is -4.34. The minimum absolute atomic E-state index is 0.295. The van der Waals surface area contributed by atoms with E-state index in [9.17, 15) is 18.0 Å². The van der Waals surface area contributed by atoms with Crippen molar-refractivity contribution in [3.8, 4) is 28.2 Å². The van der Waals surface area contributed by atoms with Crippen LogP contribution >= 0.6 is 0 Å². The number of carbonyl (C=O) groups is 1. The monoisotopic (exact) mass is 563 g/mol. The molecule has 7 nitrogen and oxygen atoms in total. The van der Waals surface area contributed by atoms with Crippen molar-refractivity contribution in [2.45, 2.75) is 52.3 Å². The van der Waals surface area contributed by atoms with Gasteiger partial charge in [0.15, 0.2) is 0 Å². The van der Waals surface area contributed by atoms with Crippen LogP contribution in [0.1, 0.15) is 50.9 Å². The maximum atomic E-state index is 12.9. The van der Waals surface area contributed by atoms with Gasteiger partial charge in [-0.1, -0.05) is 54.6 Å². The quantitative estimate of drug-likeness (QED) is 0.272. The number of aromatic nitrogens is 4. The molecule has 0 atom stereocenters. The molecule has 2 aromatic heterocycles. The Kier molecular flexibility index (Phi) is 7.50. The summed E-state index contributed by atoms with van der Waals surface area (Å²) in [5.74, 6) is 0. The van der Waals surface area contributed by atoms with Gasteiger partial charge in [0.25, 0.3) is 0 Å². The van der Waals surface area contributed by atoms with Crippen LogP contribution in [0.4, 0.5) is 18.0 Å². The molecule has 4 aromatic rings. The van der Waals surface area contributed by atoms with Crippen LogP contribution in [0.25, 0.3) is 33.8 Å². The molecule has 0 fully saturated rings. The predicted molar refractivity (Wildman–Crippen MR) is 151 cm³/mol. The number of benzene rings is 2.